The van der Waals surface area contributed by atoms with Crippen LogP contribution in [0.5, 0.6) is 5.75 Å². The number of benzene rings is 2. The second kappa shape index (κ2) is 9.33. The second-order valence-corrected chi connectivity index (χ2v) is 8.58. The molecule has 2 aliphatic heterocycles. The van der Waals surface area contributed by atoms with Gasteiger partial charge in [-0.05, 0) is 49.7 Å². The number of rotatable bonds is 6. The van der Waals surface area contributed by atoms with E-state index in [9.17, 15) is 0 Å². The maximum atomic E-state index is 5.88. The molecule has 7 nitrogen and oxygen atoms in total. The largest absolute Gasteiger partial charge is 0.497 e. The lowest BCUT2D eigenvalue weighted by atomic mass is 9.94. The van der Waals surface area contributed by atoms with E-state index in [2.05, 4.69) is 22.3 Å². The molecule has 0 amide bonds. The minimum atomic E-state index is -0.228. The van der Waals surface area contributed by atoms with Crippen LogP contribution in [0.1, 0.15) is 37.3 Å². The standard InChI is InChI=1S/C25H26N4O3S/c1-16-21(24-27-23(28-32-24)18-7-4-3-5-8-18)22(17-10-12-19(30-2)13-11-17)26-25(33)29(16)15-20-9-6-14-31-20/h3-5,7-8,10-13,20,22H,6,9,14-15H2,1-2H3,(H,26,33). The Morgan fingerprint density at radius 3 is 2.64 bits per heavy atom. The summed E-state index contributed by atoms with van der Waals surface area (Å²) in [6.45, 7) is 3.55. The minimum absolute atomic E-state index is 0.154. The van der Waals surface area contributed by atoms with Gasteiger partial charge in [-0.15, -0.1) is 0 Å². The van der Waals surface area contributed by atoms with E-state index in [0.29, 0.717) is 23.4 Å². The summed E-state index contributed by atoms with van der Waals surface area (Å²) in [5.74, 6) is 1.82. The van der Waals surface area contributed by atoms with Crippen LogP contribution >= 0.6 is 12.2 Å². The molecule has 2 aliphatic rings. The molecule has 0 saturated carbocycles. The zero-order valence-electron chi connectivity index (χ0n) is 18.7. The summed E-state index contributed by atoms with van der Waals surface area (Å²) in [5.41, 5.74) is 3.82. The third kappa shape index (κ3) is 4.36. The monoisotopic (exact) mass is 462 g/mol. The Hall–Kier alpha value is -3.23. The van der Waals surface area contributed by atoms with Crippen molar-refractivity contribution in [2.45, 2.75) is 31.9 Å². The molecule has 1 fully saturated rings. The molecule has 2 unspecified atom stereocenters. The molecule has 1 N–H and O–H groups in total. The zero-order chi connectivity index (χ0) is 22.8. The van der Waals surface area contributed by atoms with E-state index in [-0.39, 0.29) is 12.1 Å². The van der Waals surface area contributed by atoms with Gasteiger partial charge in [-0.25, -0.2) is 0 Å². The molecule has 170 valence electrons. The van der Waals surface area contributed by atoms with E-state index in [0.717, 1.165) is 47.6 Å². The normalized spacial score (nSPS) is 20.8. The number of ether oxygens (including phenoxy) is 2. The van der Waals surface area contributed by atoms with Crippen LogP contribution in [0, 0.1) is 0 Å². The van der Waals surface area contributed by atoms with Crippen molar-refractivity contribution in [3.05, 3.63) is 71.7 Å². The average molecular weight is 463 g/mol. The Morgan fingerprint density at radius 2 is 1.94 bits per heavy atom. The molecule has 8 heteroatoms. The fourth-order valence-electron chi connectivity index (χ4n) is 4.35. The summed E-state index contributed by atoms with van der Waals surface area (Å²) in [6, 6.07) is 17.5. The molecule has 2 atom stereocenters. The van der Waals surface area contributed by atoms with Crippen molar-refractivity contribution in [1.29, 1.82) is 0 Å². The van der Waals surface area contributed by atoms with Gasteiger partial charge in [-0.2, -0.15) is 4.98 Å². The van der Waals surface area contributed by atoms with Gasteiger partial charge >= 0.3 is 0 Å². The number of allylic oxidation sites excluding steroid dienone is 1. The van der Waals surface area contributed by atoms with Crippen LogP contribution in [0.2, 0.25) is 0 Å². The van der Waals surface area contributed by atoms with Crippen molar-refractivity contribution in [3.63, 3.8) is 0 Å². The molecule has 3 heterocycles. The van der Waals surface area contributed by atoms with Crippen LogP contribution in [0.3, 0.4) is 0 Å². The number of hydrogen-bond acceptors (Lipinski definition) is 6. The van der Waals surface area contributed by atoms with Crippen LogP contribution in [-0.4, -0.2) is 46.5 Å². The Labute approximate surface area is 198 Å². The SMILES string of the molecule is COc1ccc(C2NC(=S)N(CC3CCCO3)C(C)=C2c2nc(-c3ccccc3)no2)cc1. The highest BCUT2D eigenvalue weighted by Crippen LogP contribution is 2.38. The molecule has 5 rings (SSSR count). The summed E-state index contributed by atoms with van der Waals surface area (Å²) in [5, 5.41) is 8.41. The van der Waals surface area contributed by atoms with E-state index in [1.807, 2.05) is 54.6 Å². The number of methoxy groups -OCH3 is 1. The molecule has 0 radical (unpaired) electrons. The van der Waals surface area contributed by atoms with Crippen molar-refractivity contribution in [3.8, 4) is 17.1 Å². The summed E-state index contributed by atoms with van der Waals surface area (Å²) < 4.78 is 17.0. The molecule has 2 aromatic carbocycles. The van der Waals surface area contributed by atoms with E-state index in [1.54, 1.807) is 7.11 Å². The molecule has 1 aromatic heterocycles. The maximum absolute atomic E-state index is 5.88. The third-order valence-corrected chi connectivity index (χ3v) is 6.48. The molecule has 0 bridgehead atoms. The number of thiocarbonyl (C=S) groups is 1. The predicted molar refractivity (Wildman–Crippen MR) is 129 cm³/mol. The van der Waals surface area contributed by atoms with Gasteiger partial charge in [0, 0.05) is 17.9 Å². The van der Waals surface area contributed by atoms with E-state index < -0.39 is 0 Å². The molecule has 1 saturated heterocycles. The Bertz CT molecular complexity index is 1150. The van der Waals surface area contributed by atoms with Gasteiger partial charge in [0.05, 0.1) is 31.4 Å². The van der Waals surface area contributed by atoms with Crippen LogP contribution in [0.4, 0.5) is 0 Å². The van der Waals surface area contributed by atoms with Crippen molar-refractivity contribution in [2.24, 2.45) is 0 Å². The molecule has 0 spiro atoms. The summed E-state index contributed by atoms with van der Waals surface area (Å²) in [4.78, 5) is 6.84. The Kier molecular flexibility index (Phi) is 6.11. The first kappa shape index (κ1) is 21.6. The number of hydrogen-bond donors (Lipinski definition) is 1. The molecule has 3 aromatic rings. The lowest BCUT2D eigenvalue weighted by Crippen LogP contribution is -2.48. The van der Waals surface area contributed by atoms with Crippen LogP contribution in [0.15, 0.2) is 64.8 Å². The maximum Gasteiger partial charge on any atom is 0.258 e. The fraction of sp³-hybridized carbons (Fsp3) is 0.320. The highest BCUT2D eigenvalue weighted by molar-refractivity contribution is 7.80. The van der Waals surface area contributed by atoms with Gasteiger partial charge in [-0.1, -0.05) is 47.6 Å². The highest BCUT2D eigenvalue weighted by atomic mass is 32.1. The van der Waals surface area contributed by atoms with Crippen LogP contribution in [-0.2, 0) is 4.74 Å². The first-order valence-electron chi connectivity index (χ1n) is 11.1. The predicted octanol–water partition coefficient (Wildman–Crippen LogP) is 4.59. The van der Waals surface area contributed by atoms with Crippen molar-refractivity contribution < 1.29 is 14.0 Å². The van der Waals surface area contributed by atoms with Gasteiger partial charge in [0.25, 0.3) is 5.89 Å². The molecular weight excluding hydrogens is 436 g/mol. The van der Waals surface area contributed by atoms with Gasteiger partial charge in [-0.3, -0.25) is 0 Å². The Morgan fingerprint density at radius 1 is 1.15 bits per heavy atom. The number of nitrogens with one attached hydrogen (secondary N) is 1. The fourth-order valence-corrected chi connectivity index (χ4v) is 4.68. The lowest BCUT2D eigenvalue weighted by Gasteiger charge is -2.38. The average Bonchev–Trinajstić information content (AvgIpc) is 3.54. The van der Waals surface area contributed by atoms with Gasteiger partial charge in [0.2, 0.25) is 5.82 Å². The first-order chi connectivity index (χ1) is 16.1. The molecule has 0 aliphatic carbocycles. The zero-order valence-corrected chi connectivity index (χ0v) is 19.5. The first-order valence-corrected chi connectivity index (χ1v) is 11.5. The topological polar surface area (TPSA) is 72.7 Å². The minimum Gasteiger partial charge on any atom is -0.497 e. The quantitative estimate of drug-likeness (QED) is 0.534. The molecular formula is C25H26N4O3S. The summed E-state index contributed by atoms with van der Waals surface area (Å²) in [7, 11) is 1.66. The second-order valence-electron chi connectivity index (χ2n) is 8.19. The molecule has 33 heavy (non-hydrogen) atoms. The number of nitrogens with zero attached hydrogens (tertiary/aromatic N) is 3. The van der Waals surface area contributed by atoms with Crippen molar-refractivity contribution in [1.82, 2.24) is 20.4 Å². The highest BCUT2D eigenvalue weighted by Gasteiger charge is 2.35. The van der Waals surface area contributed by atoms with Crippen molar-refractivity contribution >= 4 is 22.9 Å². The van der Waals surface area contributed by atoms with Gasteiger partial charge in [0.15, 0.2) is 5.11 Å². The third-order valence-electron chi connectivity index (χ3n) is 6.14. The van der Waals surface area contributed by atoms with E-state index in [4.69, 9.17) is 31.2 Å². The van der Waals surface area contributed by atoms with Gasteiger partial charge < -0.3 is 24.2 Å². The number of aromatic nitrogens is 2. The Balaban J connectivity index is 1.56. The van der Waals surface area contributed by atoms with Crippen molar-refractivity contribution in [2.75, 3.05) is 20.3 Å². The summed E-state index contributed by atoms with van der Waals surface area (Å²) in [6.07, 6.45) is 2.26. The lowest BCUT2D eigenvalue weighted by molar-refractivity contribution is 0.0962. The van der Waals surface area contributed by atoms with Crippen LogP contribution in [0.25, 0.3) is 17.0 Å². The van der Waals surface area contributed by atoms with E-state index >= 15 is 0 Å². The van der Waals surface area contributed by atoms with E-state index in [1.165, 1.54) is 0 Å². The smallest absolute Gasteiger partial charge is 0.258 e. The summed E-state index contributed by atoms with van der Waals surface area (Å²) >= 11 is 5.78. The van der Waals surface area contributed by atoms with Crippen LogP contribution < -0.4 is 10.1 Å². The van der Waals surface area contributed by atoms with Gasteiger partial charge in [0.1, 0.15) is 5.75 Å².